The van der Waals surface area contributed by atoms with Crippen molar-refractivity contribution in [3.05, 3.63) is 46.5 Å². The molecule has 1 aliphatic carbocycles. The van der Waals surface area contributed by atoms with Gasteiger partial charge in [-0.05, 0) is 69.2 Å². The van der Waals surface area contributed by atoms with Crippen LogP contribution in [0.15, 0.2) is 29.8 Å². The Kier molecular flexibility index (Phi) is 5.21. The highest BCUT2D eigenvalue weighted by molar-refractivity contribution is 5.31. The molecule has 1 heteroatoms. The zero-order valence-corrected chi connectivity index (χ0v) is 12.6. The third kappa shape index (κ3) is 3.94. The number of benzene rings is 1. The van der Waals surface area contributed by atoms with Crippen LogP contribution in [-0.2, 0) is 6.42 Å². The molecule has 0 saturated heterocycles. The monoisotopic (exact) mass is 257 g/mol. The summed E-state index contributed by atoms with van der Waals surface area (Å²) in [5.74, 6) is 0. The smallest absolute Gasteiger partial charge is 0.0319 e. The lowest BCUT2D eigenvalue weighted by atomic mass is 9.89. The summed E-state index contributed by atoms with van der Waals surface area (Å²) in [5, 5.41) is 3.67. The molecule has 1 aromatic rings. The molecule has 1 aliphatic rings. The van der Waals surface area contributed by atoms with Gasteiger partial charge in [0.15, 0.2) is 0 Å². The van der Waals surface area contributed by atoms with Gasteiger partial charge >= 0.3 is 0 Å². The molecule has 1 N–H and O–H groups in total. The lowest BCUT2D eigenvalue weighted by molar-refractivity contribution is 0.541. The first-order valence-electron chi connectivity index (χ1n) is 7.69. The van der Waals surface area contributed by atoms with E-state index in [1.165, 1.54) is 42.4 Å². The molecule has 0 aliphatic heterocycles. The highest BCUT2D eigenvalue weighted by atomic mass is 14.9. The van der Waals surface area contributed by atoms with E-state index in [9.17, 15) is 0 Å². The van der Waals surface area contributed by atoms with Crippen molar-refractivity contribution in [1.29, 1.82) is 0 Å². The molecular formula is C18H27N. The normalized spacial score (nSPS) is 17.1. The average Bonchev–Trinajstić information content (AvgIpc) is 2.43. The number of hydrogen-bond donors (Lipinski definition) is 1. The largest absolute Gasteiger partial charge is 0.310 e. The molecule has 0 saturated carbocycles. The SMILES string of the molecule is CCNC(Cc1ccc(C)c(C)c1)C1=CCCCC1. The molecule has 0 heterocycles. The number of rotatable bonds is 5. The lowest BCUT2D eigenvalue weighted by Crippen LogP contribution is -2.33. The third-order valence-corrected chi connectivity index (χ3v) is 4.24. The van der Waals surface area contributed by atoms with Crippen LogP contribution in [0.4, 0.5) is 0 Å². The van der Waals surface area contributed by atoms with E-state index >= 15 is 0 Å². The second-order valence-electron chi connectivity index (χ2n) is 5.76. The zero-order valence-electron chi connectivity index (χ0n) is 12.6. The number of nitrogens with one attached hydrogen (secondary N) is 1. The second kappa shape index (κ2) is 6.91. The molecule has 1 unspecified atom stereocenters. The van der Waals surface area contributed by atoms with Gasteiger partial charge in [-0.15, -0.1) is 0 Å². The van der Waals surface area contributed by atoms with Crippen LogP contribution in [0, 0.1) is 13.8 Å². The molecule has 1 aromatic carbocycles. The Morgan fingerprint density at radius 2 is 2.00 bits per heavy atom. The van der Waals surface area contributed by atoms with E-state index in [2.05, 4.69) is 50.4 Å². The molecule has 0 radical (unpaired) electrons. The average molecular weight is 257 g/mol. The highest BCUT2D eigenvalue weighted by Crippen LogP contribution is 2.23. The molecule has 1 nitrogen and oxygen atoms in total. The summed E-state index contributed by atoms with van der Waals surface area (Å²) in [7, 11) is 0. The molecule has 1 atom stereocenters. The van der Waals surface area contributed by atoms with Crippen LogP contribution in [0.25, 0.3) is 0 Å². The van der Waals surface area contributed by atoms with Crippen LogP contribution in [-0.4, -0.2) is 12.6 Å². The van der Waals surface area contributed by atoms with Crippen LogP contribution < -0.4 is 5.32 Å². The molecule has 2 rings (SSSR count). The minimum Gasteiger partial charge on any atom is -0.310 e. The first-order chi connectivity index (χ1) is 9.20. The Balaban J connectivity index is 2.11. The second-order valence-corrected chi connectivity index (χ2v) is 5.76. The first-order valence-corrected chi connectivity index (χ1v) is 7.69. The van der Waals surface area contributed by atoms with Gasteiger partial charge in [0.05, 0.1) is 0 Å². The van der Waals surface area contributed by atoms with Gasteiger partial charge in [0.1, 0.15) is 0 Å². The van der Waals surface area contributed by atoms with Gasteiger partial charge in [0.25, 0.3) is 0 Å². The van der Waals surface area contributed by atoms with Crippen LogP contribution in [0.2, 0.25) is 0 Å². The molecule has 0 fully saturated rings. The van der Waals surface area contributed by atoms with Crippen molar-refractivity contribution in [2.45, 2.75) is 58.9 Å². The summed E-state index contributed by atoms with van der Waals surface area (Å²) in [6.07, 6.45) is 8.87. The number of allylic oxidation sites excluding steroid dienone is 1. The van der Waals surface area contributed by atoms with E-state index in [1.54, 1.807) is 5.57 Å². The first kappa shape index (κ1) is 14.3. The van der Waals surface area contributed by atoms with Gasteiger partial charge in [-0.2, -0.15) is 0 Å². The zero-order chi connectivity index (χ0) is 13.7. The van der Waals surface area contributed by atoms with Gasteiger partial charge in [0, 0.05) is 6.04 Å². The van der Waals surface area contributed by atoms with Gasteiger partial charge in [-0.3, -0.25) is 0 Å². The maximum absolute atomic E-state index is 3.67. The molecule has 0 spiro atoms. The predicted octanol–water partition coefficient (Wildman–Crippen LogP) is 4.32. The van der Waals surface area contributed by atoms with Crippen LogP contribution in [0.1, 0.15) is 49.3 Å². The Morgan fingerprint density at radius 3 is 2.63 bits per heavy atom. The topological polar surface area (TPSA) is 12.0 Å². The third-order valence-electron chi connectivity index (χ3n) is 4.24. The Labute approximate surface area is 118 Å². The predicted molar refractivity (Wildman–Crippen MR) is 83.6 cm³/mol. The fraction of sp³-hybridized carbons (Fsp3) is 0.556. The van der Waals surface area contributed by atoms with Crippen molar-refractivity contribution in [2.24, 2.45) is 0 Å². The van der Waals surface area contributed by atoms with Gasteiger partial charge < -0.3 is 5.32 Å². The van der Waals surface area contributed by atoms with Crippen LogP contribution >= 0.6 is 0 Å². The Hall–Kier alpha value is -1.08. The van der Waals surface area contributed by atoms with Crippen molar-refractivity contribution in [2.75, 3.05) is 6.54 Å². The van der Waals surface area contributed by atoms with Crippen LogP contribution in [0.3, 0.4) is 0 Å². The van der Waals surface area contributed by atoms with Crippen LogP contribution in [0.5, 0.6) is 0 Å². The molecule has 19 heavy (non-hydrogen) atoms. The summed E-state index contributed by atoms with van der Waals surface area (Å²) in [6.45, 7) is 7.65. The molecular weight excluding hydrogens is 230 g/mol. The Morgan fingerprint density at radius 1 is 1.16 bits per heavy atom. The maximum atomic E-state index is 3.67. The minimum absolute atomic E-state index is 0.535. The summed E-state index contributed by atoms with van der Waals surface area (Å²) in [5.41, 5.74) is 5.89. The van der Waals surface area contributed by atoms with E-state index in [1.807, 2.05) is 0 Å². The van der Waals surface area contributed by atoms with Gasteiger partial charge in [0.2, 0.25) is 0 Å². The summed E-state index contributed by atoms with van der Waals surface area (Å²) < 4.78 is 0. The van der Waals surface area contributed by atoms with Crippen molar-refractivity contribution >= 4 is 0 Å². The van der Waals surface area contributed by atoms with E-state index in [4.69, 9.17) is 0 Å². The quantitative estimate of drug-likeness (QED) is 0.774. The van der Waals surface area contributed by atoms with Crippen molar-refractivity contribution in [3.8, 4) is 0 Å². The number of aryl methyl sites for hydroxylation is 2. The molecule has 0 aromatic heterocycles. The van der Waals surface area contributed by atoms with E-state index < -0.39 is 0 Å². The summed E-state index contributed by atoms with van der Waals surface area (Å²) in [4.78, 5) is 0. The van der Waals surface area contributed by atoms with Gasteiger partial charge in [-0.1, -0.05) is 36.8 Å². The maximum Gasteiger partial charge on any atom is 0.0319 e. The number of likely N-dealkylation sites (N-methyl/N-ethyl adjacent to an activating group) is 1. The van der Waals surface area contributed by atoms with Gasteiger partial charge in [-0.25, -0.2) is 0 Å². The lowest BCUT2D eigenvalue weighted by Gasteiger charge is -2.24. The summed E-state index contributed by atoms with van der Waals surface area (Å²) >= 11 is 0. The van der Waals surface area contributed by atoms with E-state index in [-0.39, 0.29) is 0 Å². The molecule has 0 amide bonds. The van der Waals surface area contributed by atoms with Crippen molar-refractivity contribution in [1.82, 2.24) is 5.32 Å². The molecule has 104 valence electrons. The number of hydrogen-bond acceptors (Lipinski definition) is 1. The Bertz CT molecular complexity index is 445. The summed E-state index contributed by atoms with van der Waals surface area (Å²) in [6, 6.07) is 7.43. The highest BCUT2D eigenvalue weighted by Gasteiger charge is 2.15. The van der Waals surface area contributed by atoms with Crippen molar-refractivity contribution in [3.63, 3.8) is 0 Å². The van der Waals surface area contributed by atoms with E-state index in [0.717, 1.165) is 13.0 Å². The fourth-order valence-corrected chi connectivity index (χ4v) is 2.93. The molecule has 0 bridgehead atoms. The van der Waals surface area contributed by atoms with E-state index in [0.29, 0.717) is 6.04 Å². The fourth-order valence-electron chi connectivity index (χ4n) is 2.93. The standard InChI is InChI=1S/C18H27N/c1-4-19-18(17-8-6-5-7-9-17)13-16-11-10-14(2)15(3)12-16/h8,10-12,18-19H,4-7,9,13H2,1-3H3. The van der Waals surface area contributed by atoms with Crippen molar-refractivity contribution < 1.29 is 0 Å². The minimum atomic E-state index is 0.535.